The van der Waals surface area contributed by atoms with Gasteiger partial charge in [0.15, 0.2) is 0 Å². The van der Waals surface area contributed by atoms with E-state index in [1.807, 2.05) is 13.8 Å². The van der Waals surface area contributed by atoms with Gasteiger partial charge in [-0.25, -0.2) is 0 Å². The molecule has 0 saturated heterocycles. The van der Waals surface area contributed by atoms with Crippen molar-refractivity contribution in [1.82, 2.24) is 0 Å². The highest BCUT2D eigenvalue weighted by atomic mass is 14.4. The first-order chi connectivity index (χ1) is 8.53. The molecular weight excluding hydrogens is 216 g/mol. The number of aryl methyl sites for hydroxylation is 1. The maximum Gasteiger partial charge on any atom is -0.0126 e. The van der Waals surface area contributed by atoms with E-state index in [1.54, 1.807) is 5.56 Å². The van der Waals surface area contributed by atoms with E-state index in [0.29, 0.717) is 5.41 Å². The smallest absolute Gasteiger partial charge is 0.0126 e. The van der Waals surface area contributed by atoms with Gasteiger partial charge in [-0.1, -0.05) is 65.3 Å². The molecule has 1 aromatic carbocycles. The van der Waals surface area contributed by atoms with Crippen LogP contribution >= 0.6 is 0 Å². The molecule has 1 aromatic rings. The maximum absolute atomic E-state index is 2.42. The van der Waals surface area contributed by atoms with Gasteiger partial charge in [0.25, 0.3) is 0 Å². The molecule has 1 fully saturated rings. The molecule has 2 unspecified atom stereocenters. The van der Waals surface area contributed by atoms with Crippen molar-refractivity contribution in [2.24, 2.45) is 11.3 Å². The van der Waals surface area contributed by atoms with Gasteiger partial charge in [-0.2, -0.15) is 0 Å². The van der Waals surface area contributed by atoms with Crippen molar-refractivity contribution in [2.45, 2.75) is 66.7 Å². The zero-order valence-corrected chi connectivity index (χ0v) is 13.1. The van der Waals surface area contributed by atoms with Crippen LogP contribution < -0.4 is 0 Å². The molecule has 0 heteroatoms. The Morgan fingerprint density at radius 2 is 1.72 bits per heavy atom. The largest absolute Gasteiger partial charge is 0.0683 e. The number of rotatable bonds is 2. The number of hydrogen-bond acceptors (Lipinski definition) is 0. The van der Waals surface area contributed by atoms with Crippen molar-refractivity contribution < 1.29 is 0 Å². The van der Waals surface area contributed by atoms with Gasteiger partial charge in [0, 0.05) is 0 Å². The summed E-state index contributed by atoms with van der Waals surface area (Å²) in [5.74, 6) is 1.68. The standard InChI is InChI=1S/C16H24.C2H6/c1-5-13-10-16(3,4)11-15(13)14-9-7-6-8-12(14)2;1-2/h6-9,13,15H,5,10-11H2,1-4H3;1-2H3. The molecule has 1 aliphatic carbocycles. The van der Waals surface area contributed by atoms with Gasteiger partial charge in [0.2, 0.25) is 0 Å². The van der Waals surface area contributed by atoms with E-state index in [1.165, 1.54) is 24.8 Å². The molecule has 1 aliphatic rings. The fourth-order valence-corrected chi connectivity index (χ4v) is 3.49. The highest BCUT2D eigenvalue weighted by Crippen LogP contribution is 2.51. The van der Waals surface area contributed by atoms with Crippen LogP contribution in [0.2, 0.25) is 0 Å². The van der Waals surface area contributed by atoms with Gasteiger partial charge in [-0.05, 0) is 48.1 Å². The highest BCUT2D eigenvalue weighted by molar-refractivity contribution is 5.31. The molecular formula is C18H30. The lowest BCUT2D eigenvalue weighted by Gasteiger charge is -2.20. The third-order valence-corrected chi connectivity index (χ3v) is 4.27. The summed E-state index contributed by atoms with van der Waals surface area (Å²) >= 11 is 0. The molecule has 0 aromatic heterocycles. The highest BCUT2D eigenvalue weighted by Gasteiger charge is 2.39. The predicted octanol–water partition coefficient (Wildman–Crippen LogP) is 5.95. The van der Waals surface area contributed by atoms with Crippen molar-refractivity contribution in [3.63, 3.8) is 0 Å². The Morgan fingerprint density at radius 3 is 2.28 bits per heavy atom. The second kappa shape index (κ2) is 6.41. The fraction of sp³-hybridized carbons (Fsp3) is 0.667. The first-order valence-electron chi connectivity index (χ1n) is 7.59. The molecule has 0 nitrogen and oxygen atoms in total. The Hall–Kier alpha value is -0.780. The lowest BCUT2D eigenvalue weighted by molar-refractivity contribution is 0.358. The lowest BCUT2D eigenvalue weighted by atomic mass is 9.85. The molecule has 0 N–H and O–H groups in total. The van der Waals surface area contributed by atoms with Crippen molar-refractivity contribution in [3.8, 4) is 0 Å². The van der Waals surface area contributed by atoms with Gasteiger partial charge < -0.3 is 0 Å². The topological polar surface area (TPSA) is 0 Å². The van der Waals surface area contributed by atoms with E-state index in [4.69, 9.17) is 0 Å². The zero-order valence-electron chi connectivity index (χ0n) is 13.1. The fourth-order valence-electron chi connectivity index (χ4n) is 3.49. The first kappa shape index (κ1) is 15.3. The maximum atomic E-state index is 2.42. The summed E-state index contributed by atoms with van der Waals surface area (Å²) in [5, 5.41) is 0. The van der Waals surface area contributed by atoms with Gasteiger partial charge in [0.1, 0.15) is 0 Å². The van der Waals surface area contributed by atoms with E-state index in [0.717, 1.165) is 11.8 Å². The Morgan fingerprint density at radius 1 is 1.11 bits per heavy atom. The van der Waals surface area contributed by atoms with E-state index < -0.39 is 0 Å². The normalized spacial score (nSPS) is 25.4. The molecule has 0 spiro atoms. The summed E-state index contributed by atoms with van der Waals surface area (Å²) in [7, 11) is 0. The van der Waals surface area contributed by atoms with Crippen LogP contribution in [0.15, 0.2) is 24.3 Å². The van der Waals surface area contributed by atoms with Crippen LogP contribution in [0, 0.1) is 18.3 Å². The number of benzene rings is 1. The Kier molecular flexibility index (Phi) is 5.44. The molecule has 102 valence electrons. The molecule has 0 bridgehead atoms. The summed E-state index contributed by atoms with van der Waals surface area (Å²) in [4.78, 5) is 0. The van der Waals surface area contributed by atoms with Crippen LogP contribution in [-0.4, -0.2) is 0 Å². The first-order valence-corrected chi connectivity index (χ1v) is 7.59. The predicted molar refractivity (Wildman–Crippen MR) is 82.1 cm³/mol. The van der Waals surface area contributed by atoms with E-state index in [2.05, 4.69) is 52.0 Å². The third-order valence-electron chi connectivity index (χ3n) is 4.27. The van der Waals surface area contributed by atoms with Gasteiger partial charge in [0.05, 0.1) is 0 Å². The quantitative estimate of drug-likeness (QED) is 0.604. The summed E-state index contributed by atoms with van der Waals surface area (Å²) in [6.07, 6.45) is 4.07. The summed E-state index contributed by atoms with van der Waals surface area (Å²) in [6, 6.07) is 8.94. The minimum atomic E-state index is 0.535. The summed E-state index contributed by atoms with van der Waals surface area (Å²) in [6.45, 7) is 13.5. The van der Waals surface area contributed by atoms with Crippen LogP contribution in [0.1, 0.15) is 70.9 Å². The Bertz CT molecular complexity index is 362. The van der Waals surface area contributed by atoms with E-state index in [-0.39, 0.29) is 0 Å². The third kappa shape index (κ3) is 3.37. The van der Waals surface area contributed by atoms with Crippen molar-refractivity contribution in [1.29, 1.82) is 0 Å². The van der Waals surface area contributed by atoms with Crippen LogP contribution in [-0.2, 0) is 0 Å². The van der Waals surface area contributed by atoms with Gasteiger partial charge in [-0.3, -0.25) is 0 Å². The molecule has 0 amide bonds. The van der Waals surface area contributed by atoms with Gasteiger partial charge >= 0.3 is 0 Å². The molecule has 2 rings (SSSR count). The van der Waals surface area contributed by atoms with E-state index >= 15 is 0 Å². The average molecular weight is 246 g/mol. The molecule has 0 heterocycles. The monoisotopic (exact) mass is 246 g/mol. The number of hydrogen-bond donors (Lipinski definition) is 0. The SMILES string of the molecule is CC.CCC1CC(C)(C)CC1c1ccccc1C. The lowest BCUT2D eigenvalue weighted by Crippen LogP contribution is -2.06. The zero-order chi connectivity index (χ0) is 13.8. The minimum absolute atomic E-state index is 0.535. The average Bonchev–Trinajstić information content (AvgIpc) is 2.67. The minimum Gasteiger partial charge on any atom is -0.0683 e. The van der Waals surface area contributed by atoms with Crippen LogP contribution in [0.3, 0.4) is 0 Å². The molecule has 0 aliphatic heterocycles. The molecule has 2 atom stereocenters. The summed E-state index contributed by atoms with van der Waals surface area (Å²) in [5.41, 5.74) is 3.61. The Labute approximate surface area is 114 Å². The molecule has 0 radical (unpaired) electrons. The second-order valence-electron chi connectivity index (χ2n) is 6.20. The van der Waals surface area contributed by atoms with Crippen molar-refractivity contribution in [2.75, 3.05) is 0 Å². The van der Waals surface area contributed by atoms with Crippen molar-refractivity contribution in [3.05, 3.63) is 35.4 Å². The summed E-state index contributed by atoms with van der Waals surface area (Å²) < 4.78 is 0. The van der Waals surface area contributed by atoms with E-state index in [9.17, 15) is 0 Å². The van der Waals surface area contributed by atoms with Crippen LogP contribution in [0.5, 0.6) is 0 Å². The van der Waals surface area contributed by atoms with Gasteiger partial charge in [-0.15, -0.1) is 0 Å². The molecule has 1 saturated carbocycles. The Balaban J connectivity index is 0.000000771. The van der Waals surface area contributed by atoms with Crippen LogP contribution in [0.25, 0.3) is 0 Å². The van der Waals surface area contributed by atoms with Crippen molar-refractivity contribution >= 4 is 0 Å². The second-order valence-corrected chi connectivity index (χ2v) is 6.20. The molecule has 18 heavy (non-hydrogen) atoms. The van der Waals surface area contributed by atoms with Crippen LogP contribution in [0.4, 0.5) is 0 Å².